The second-order valence-electron chi connectivity index (χ2n) is 3.92. The maximum absolute atomic E-state index is 9.68. The number of hydrogen-bond acceptors (Lipinski definition) is 5. The average Bonchev–Trinajstić information content (AvgIpc) is 2.69. The van der Waals surface area contributed by atoms with Crippen molar-refractivity contribution in [2.24, 2.45) is 0 Å². The van der Waals surface area contributed by atoms with E-state index < -0.39 is 0 Å². The van der Waals surface area contributed by atoms with Crippen LogP contribution in [0.15, 0.2) is 22.7 Å². The van der Waals surface area contributed by atoms with Crippen LogP contribution in [0.4, 0.5) is 0 Å². The summed E-state index contributed by atoms with van der Waals surface area (Å²) in [6.45, 7) is 0.574. The highest BCUT2D eigenvalue weighted by Gasteiger charge is 2.13. The van der Waals surface area contributed by atoms with Crippen LogP contribution in [0.2, 0.25) is 5.02 Å². The molecule has 0 unspecified atom stereocenters. The number of aromatic hydroxyl groups is 1. The van der Waals surface area contributed by atoms with Crippen molar-refractivity contribution < 1.29 is 9.63 Å². The van der Waals surface area contributed by atoms with E-state index in [2.05, 4.69) is 10.1 Å². The highest BCUT2D eigenvalue weighted by Crippen LogP contribution is 2.30. The number of nitrogens with zero attached hydrogens (tertiary/aromatic N) is 3. The monoisotopic (exact) mass is 253 g/mol. The number of hydrogen-bond donors (Lipinski definition) is 1. The van der Waals surface area contributed by atoms with E-state index in [0.29, 0.717) is 23.0 Å². The molecule has 0 atom stereocenters. The van der Waals surface area contributed by atoms with Crippen molar-refractivity contribution in [3.05, 3.63) is 29.0 Å². The fourth-order valence-corrected chi connectivity index (χ4v) is 1.56. The molecule has 0 saturated heterocycles. The Morgan fingerprint density at radius 1 is 1.41 bits per heavy atom. The van der Waals surface area contributed by atoms with E-state index in [1.165, 1.54) is 6.07 Å². The first-order valence-electron chi connectivity index (χ1n) is 5.02. The summed E-state index contributed by atoms with van der Waals surface area (Å²) in [5.41, 5.74) is 0.440. The SMILES string of the molecule is CN(C)Cc1noc(-c2cc(Cl)ccc2O)n1. The Hall–Kier alpha value is -1.59. The first kappa shape index (κ1) is 11.9. The molecular weight excluding hydrogens is 242 g/mol. The number of phenols is 1. The molecule has 1 N–H and O–H groups in total. The fraction of sp³-hybridized carbons (Fsp3) is 0.273. The molecule has 0 amide bonds. The maximum Gasteiger partial charge on any atom is 0.261 e. The molecule has 0 spiro atoms. The van der Waals surface area contributed by atoms with Gasteiger partial charge in [0.2, 0.25) is 0 Å². The topological polar surface area (TPSA) is 62.4 Å². The molecule has 0 aliphatic carbocycles. The van der Waals surface area contributed by atoms with Gasteiger partial charge in [0.05, 0.1) is 12.1 Å². The van der Waals surface area contributed by atoms with E-state index in [0.717, 1.165) is 0 Å². The lowest BCUT2D eigenvalue weighted by Gasteiger charge is -2.03. The molecule has 17 heavy (non-hydrogen) atoms. The van der Waals surface area contributed by atoms with Gasteiger partial charge in [-0.15, -0.1) is 0 Å². The third-order valence-corrected chi connectivity index (χ3v) is 2.35. The second kappa shape index (κ2) is 4.73. The number of benzene rings is 1. The lowest BCUT2D eigenvalue weighted by Crippen LogP contribution is -2.11. The summed E-state index contributed by atoms with van der Waals surface area (Å²) in [5, 5.41) is 14.0. The molecule has 6 heteroatoms. The Morgan fingerprint density at radius 2 is 2.18 bits per heavy atom. The molecule has 1 aromatic carbocycles. The van der Waals surface area contributed by atoms with Crippen molar-refractivity contribution in [2.45, 2.75) is 6.54 Å². The second-order valence-corrected chi connectivity index (χ2v) is 4.35. The molecule has 0 saturated carbocycles. The molecular formula is C11H12ClN3O2. The molecule has 90 valence electrons. The molecule has 5 nitrogen and oxygen atoms in total. The summed E-state index contributed by atoms with van der Waals surface area (Å²) in [4.78, 5) is 6.11. The van der Waals surface area contributed by atoms with Gasteiger partial charge in [-0.25, -0.2) is 0 Å². The van der Waals surface area contributed by atoms with Crippen LogP contribution in [0.3, 0.4) is 0 Å². The lowest BCUT2D eigenvalue weighted by molar-refractivity contribution is 0.365. The van der Waals surface area contributed by atoms with E-state index in [4.69, 9.17) is 16.1 Å². The lowest BCUT2D eigenvalue weighted by atomic mass is 10.2. The molecule has 0 fully saturated rings. The van der Waals surface area contributed by atoms with Crippen LogP contribution in [-0.4, -0.2) is 34.2 Å². The summed E-state index contributed by atoms with van der Waals surface area (Å²) in [6.07, 6.45) is 0. The van der Waals surface area contributed by atoms with Gasteiger partial charge in [0.25, 0.3) is 5.89 Å². The van der Waals surface area contributed by atoms with Gasteiger partial charge in [-0.3, -0.25) is 0 Å². The van der Waals surface area contributed by atoms with Gasteiger partial charge < -0.3 is 14.5 Å². The van der Waals surface area contributed by atoms with Gasteiger partial charge in [-0.1, -0.05) is 16.8 Å². The summed E-state index contributed by atoms with van der Waals surface area (Å²) < 4.78 is 5.08. The predicted octanol–water partition coefficient (Wildman–Crippen LogP) is 2.16. The summed E-state index contributed by atoms with van der Waals surface area (Å²) >= 11 is 5.85. The average molecular weight is 254 g/mol. The Kier molecular flexibility index (Phi) is 3.31. The Morgan fingerprint density at radius 3 is 2.88 bits per heavy atom. The summed E-state index contributed by atoms with van der Waals surface area (Å²) in [6, 6.07) is 4.68. The van der Waals surface area contributed by atoms with Crippen LogP contribution in [0.1, 0.15) is 5.82 Å². The minimum atomic E-state index is 0.0643. The van der Waals surface area contributed by atoms with Crippen LogP contribution in [0, 0.1) is 0 Å². The maximum atomic E-state index is 9.68. The minimum Gasteiger partial charge on any atom is -0.507 e. The Bertz CT molecular complexity index is 525. The molecule has 1 heterocycles. The standard InChI is InChI=1S/C11H12ClN3O2/c1-15(2)6-10-13-11(17-14-10)8-5-7(12)3-4-9(8)16/h3-5,16H,6H2,1-2H3. The minimum absolute atomic E-state index is 0.0643. The number of rotatable bonds is 3. The zero-order valence-electron chi connectivity index (χ0n) is 9.51. The molecule has 1 aromatic heterocycles. The number of aromatic nitrogens is 2. The molecule has 0 aliphatic rings. The summed E-state index contributed by atoms with van der Waals surface area (Å²) in [5.74, 6) is 0.890. The van der Waals surface area contributed by atoms with Crippen LogP contribution < -0.4 is 0 Å². The predicted molar refractivity (Wildman–Crippen MR) is 63.8 cm³/mol. The zero-order chi connectivity index (χ0) is 12.4. The van der Waals surface area contributed by atoms with Gasteiger partial charge in [0.1, 0.15) is 5.75 Å². The molecule has 2 aromatic rings. The van der Waals surface area contributed by atoms with Crippen molar-refractivity contribution in [1.82, 2.24) is 15.0 Å². The van der Waals surface area contributed by atoms with Gasteiger partial charge in [0, 0.05) is 5.02 Å². The summed E-state index contributed by atoms with van der Waals surface area (Å²) in [7, 11) is 3.82. The van der Waals surface area contributed by atoms with Crippen LogP contribution in [0.5, 0.6) is 5.75 Å². The highest BCUT2D eigenvalue weighted by atomic mass is 35.5. The molecule has 0 bridgehead atoms. The molecule has 0 aliphatic heterocycles. The van der Waals surface area contributed by atoms with Crippen molar-refractivity contribution >= 4 is 11.6 Å². The Labute approximate surface area is 104 Å². The molecule has 2 rings (SSSR count). The third-order valence-electron chi connectivity index (χ3n) is 2.11. The smallest absolute Gasteiger partial charge is 0.261 e. The highest BCUT2D eigenvalue weighted by molar-refractivity contribution is 6.30. The van der Waals surface area contributed by atoms with Gasteiger partial charge in [0.15, 0.2) is 5.82 Å². The number of phenolic OH excluding ortho intramolecular Hbond substituents is 1. The van der Waals surface area contributed by atoms with E-state index in [1.54, 1.807) is 12.1 Å². The zero-order valence-corrected chi connectivity index (χ0v) is 10.3. The Balaban J connectivity index is 2.33. The first-order chi connectivity index (χ1) is 8.06. The first-order valence-corrected chi connectivity index (χ1v) is 5.40. The van der Waals surface area contributed by atoms with Crippen molar-refractivity contribution in [3.63, 3.8) is 0 Å². The van der Waals surface area contributed by atoms with Crippen LogP contribution >= 0.6 is 11.6 Å². The fourth-order valence-electron chi connectivity index (χ4n) is 1.39. The largest absolute Gasteiger partial charge is 0.507 e. The van der Waals surface area contributed by atoms with Gasteiger partial charge >= 0.3 is 0 Å². The third kappa shape index (κ3) is 2.75. The van der Waals surface area contributed by atoms with E-state index >= 15 is 0 Å². The number of halogens is 1. The van der Waals surface area contributed by atoms with Crippen molar-refractivity contribution in [2.75, 3.05) is 14.1 Å². The van der Waals surface area contributed by atoms with Crippen molar-refractivity contribution in [3.8, 4) is 17.2 Å². The van der Waals surface area contributed by atoms with Crippen LogP contribution in [0.25, 0.3) is 11.5 Å². The normalized spacial score (nSPS) is 11.1. The van der Waals surface area contributed by atoms with E-state index in [9.17, 15) is 5.11 Å². The van der Waals surface area contributed by atoms with Crippen molar-refractivity contribution in [1.29, 1.82) is 0 Å². The van der Waals surface area contributed by atoms with E-state index in [-0.39, 0.29) is 11.6 Å². The van der Waals surface area contributed by atoms with Gasteiger partial charge in [-0.05, 0) is 32.3 Å². The van der Waals surface area contributed by atoms with E-state index in [1.807, 2.05) is 19.0 Å². The van der Waals surface area contributed by atoms with Gasteiger partial charge in [-0.2, -0.15) is 4.98 Å². The molecule has 0 radical (unpaired) electrons. The quantitative estimate of drug-likeness (QED) is 0.908. The van der Waals surface area contributed by atoms with Crippen LogP contribution in [-0.2, 0) is 6.54 Å².